The smallest absolute Gasteiger partial charge is 0.226 e. The number of thioether (sulfide) groups is 1. The lowest BCUT2D eigenvalue weighted by atomic mass is 10.1. The number of nitrogens with zero attached hydrogens (tertiary/aromatic N) is 1. The molecule has 1 aromatic rings. The lowest BCUT2D eigenvalue weighted by Crippen LogP contribution is -2.53. The van der Waals surface area contributed by atoms with Crippen LogP contribution in [0.4, 0.5) is 4.39 Å². The number of halogens is 1. The predicted octanol–water partition coefficient (Wildman–Crippen LogP) is 2.37. The van der Waals surface area contributed by atoms with Crippen LogP contribution in [0.3, 0.4) is 0 Å². The second-order valence-electron chi connectivity index (χ2n) is 5.25. The molecule has 0 aromatic heterocycles. The van der Waals surface area contributed by atoms with Crippen molar-refractivity contribution < 1.29 is 9.18 Å². The van der Waals surface area contributed by atoms with Crippen LogP contribution < -0.4 is 5.32 Å². The first-order valence-electron chi connectivity index (χ1n) is 6.97. The van der Waals surface area contributed by atoms with Crippen molar-refractivity contribution >= 4 is 17.7 Å². The van der Waals surface area contributed by atoms with E-state index in [1.54, 1.807) is 23.9 Å². The van der Waals surface area contributed by atoms with Gasteiger partial charge in [0.2, 0.25) is 5.91 Å². The quantitative estimate of drug-likeness (QED) is 0.866. The minimum absolute atomic E-state index is 0.0226. The highest BCUT2D eigenvalue weighted by atomic mass is 32.2. The van der Waals surface area contributed by atoms with Gasteiger partial charge in [0.25, 0.3) is 0 Å². The predicted molar refractivity (Wildman–Crippen MR) is 80.3 cm³/mol. The van der Waals surface area contributed by atoms with E-state index in [0.717, 1.165) is 30.3 Å². The van der Waals surface area contributed by atoms with E-state index in [-0.39, 0.29) is 23.7 Å². The van der Waals surface area contributed by atoms with Crippen molar-refractivity contribution in [1.82, 2.24) is 10.2 Å². The van der Waals surface area contributed by atoms with E-state index >= 15 is 0 Å². The first kappa shape index (κ1) is 15.3. The Morgan fingerprint density at radius 3 is 2.85 bits per heavy atom. The molecule has 0 aliphatic carbocycles. The van der Waals surface area contributed by atoms with Crippen molar-refractivity contribution in [2.45, 2.75) is 24.8 Å². The summed E-state index contributed by atoms with van der Waals surface area (Å²) in [5.41, 5.74) is 0. The molecule has 5 heteroatoms. The van der Waals surface area contributed by atoms with Crippen LogP contribution in [0.5, 0.6) is 0 Å². The van der Waals surface area contributed by atoms with Crippen LogP contribution in [0.15, 0.2) is 29.2 Å². The summed E-state index contributed by atoms with van der Waals surface area (Å²) < 4.78 is 12.8. The van der Waals surface area contributed by atoms with Gasteiger partial charge in [-0.15, -0.1) is 11.8 Å². The fourth-order valence-electron chi connectivity index (χ4n) is 2.27. The average Bonchev–Trinajstić information content (AvgIpc) is 2.46. The molecular formula is C15H21FN2OS. The van der Waals surface area contributed by atoms with E-state index in [1.807, 2.05) is 11.8 Å². The molecule has 110 valence electrons. The molecule has 1 aliphatic heterocycles. The van der Waals surface area contributed by atoms with Crippen molar-refractivity contribution in [2.24, 2.45) is 5.92 Å². The van der Waals surface area contributed by atoms with E-state index in [9.17, 15) is 9.18 Å². The van der Waals surface area contributed by atoms with Crippen LogP contribution in [0.2, 0.25) is 0 Å². The minimum Gasteiger partial charge on any atom is -0.337 e. The second kappa shape index (κ2) is 7.09. The Kier molecular flexibility index (Phi) is 5.43. The number of carbonyl (C=O) groups is 1. The van der Waals surface area contributed by atoms with Crippen LogP contribution in [-0.2, 0) is 4.79 Å². The molecule has 0 saturated carbocycles. The van der Waals surface area contributed by atoms with Gasteiger partial charge in [0.05, 0.1) is 0 Å². The van der Waals surface area contributed by atoms with Crippen LogP contribution in [0.25, 0.3) is 0 Å². The van der Waals surface area contributed by atoms with Crippen LogP contribution >= 0.6 is 11.8 Å². The number of piperazine rings is 1. The van der Waals surface area contributed by atoms with Gasteiger partial charge in [-0.1, -0.05) is 6.92 Å². The zero-order valence-corrected chi connectivity index (χ0v) is 12.8. The molecule has 2 atom stereocenters. The summed E-state index contributed by atoms with van der Waals surface area (Å²) >= 11 is 1.60. The Morgan fingerprint density at radius 2 is 2.20 bits per heavy atom. The van der Waals surface area contributed by atoms with Gasteiger partial charge in [0.15, 0.2) is 0 Å². The van der Waals surface area contributed by atoms with E-state index < -0.39 is 0 Å². The Bertz CT molecular complexity index is 452. The normalized spacial score (nSPS) is 20.8. The number of carbonyl (C=O) groups excluding carboxylic acids is 1. The Hall–Kier alpha value is -1.07. The molecule has 2 rings (SSSR count). The molecule has 1 saturated heterocycles. The molecule has 0 radical (unpaired) electrons. The Labute approximate surface area is 123 Å². The Balaban J connectivity index is 1.86. The minimum atomic E-state index is -0.229. The number of hydrogen-bond acceptors (Lipinski definition) is 3. The van der Waals surface area contributed by atoms with Gasteiger partial charge < -0.3 is 10.2 Å². The molecule has 3 nitrogen and oxygen atoms in total. The largest absolute Gasteiger partial charge is 0.337 e. The van der Waals surface area contributed by atoms with E-state index in [4.69, 9.17) is 0 Å². The van der Waals surface area contributed by atoms with Gasteiger partial charge in [-0.05, 0) is 31.2 Å². The van der Waals surface area contributed by atoms with Crippen LogP contribution in [0, 0.1) is 11.7 Å². The molecular weight excluding hydrogens is 275 g/mol. The van der Waals surface area contributed by atoms with E-state index in [2.05, 4.69) is 12.2 Å². The molecule has 1 aromatic carbocycles. The topological polar surface area (TPSA) is 32.3 Å². The van der Waals surface area contributed by atoms with Crippen molar-refractivity contribution in [3.63, 3.8) is 0 Å². The molecule has 1 heterocycles. The van der Waals surface area contributed by atoms with Gasteiger partial charge in [-0.3, -0.25) is 4.79 Å². The lowest BCUT2D eigenvalue weighted by molar-refractivity contribution is -0.137. The first-order valence-corrected chi connectivity index (χ1v) is 7.96. The number of amides is 1. The third-order valence-corrected chi connectivity index (χ3v) is 4.79. The Morgan fingerprint density at radius 1 is 1.50 bits per heavy atom. The van der Waals surface area contributed by atoms with Crippen LogP contribution in [-0.4, -0.2) is 42.2 Å². The third-order valence-electron chi connectivity index (χ3n) is 3.52. The zero-order valence-electron chi connectivity index (χ0n) is 11.9. The molecule has 1 N–H and O–H groups in total. The van der Waals surface area contributed by atoms with E-state index in [0.29, 0.717) is 0 Å². The molecule has 1 aliphatic rings. The monoisotopic (exact) mass is 296 g/mol. The summed E-state index contributed by atoms with van der Waals surface area (Å²) in [6, 6.07) is 6.67. The molecule has 20 heavy (non-hydrogen) atoms. The first-order chi connectivity index (χ1) is 9.58. The number of benzene rings is 1. The number of nitrogens with one attached hydrogen (secondary N) is 1. The highest BCUT2D eigenvalue weighted by Gasteiger charge is 2.26. The highest BCUT2D eigenvalue weighted by Crippen LogP contribution is 2.22. The summed E-state index contributed by atoms with van der Waals surface area (Å²) in [4.78, 5) is 15.4. The molecule has 0 spiro atoms. The summed E-state index contributed by atoms with van der Waals surface area (Å²) in [6.07, 6.45) is 0. The van der Waals surface area contributed by atoms with Crippen LogP contribution in [0.1, 0.15) is 13.8 Å². The summed E-state index contributed by atoms with van der Waals surface area (Å²) in [7, 11) is 0. The maximum atomic E-state index is 12.8. The zero-order chi connectivity index (χ0) is 14.5. The van der Waals surface area contributed by atoms with Crippen molar-refractivity contribution in [2.75, 3.05) is 25.4 Å². The summed E-state index contributed by atoms with van der Waals surface area (Å²) in [5, 5.41) is 3.29. The van der Waals surface area contributed by atoms with E-state index in [1.165, 1.54) is 12.1 Å². The highest BCUT2D eigenvalue weighted by molar-refractivity contribution is 7.99. The fourth-order valence-corrected chi connectivity index (χ4v) is 3.19. The second-order valence-corrected chi connectivity index (χ2v) is 6.34. The van der Waals surface area contributed by atoms with Gasteiger partial charge in [-0.2, -0.15) is 0 Å². The molecule has 0 bridgehead atoms. The number of rotatable bonds is 4. The number of hydrogen-bond donors (Lipinski definition) is 1. The van der Waals surface area contributed by atoms with Gasteiger partial charge in [0.1, 0.15) is 5.82 Å². The fraction of sp³-hybridized carbons (Fsp3) is 0.533. The van der Waals surface area contributed by atoms with Crippen molar-refractivity contribution in [1.29, 1.82) is 0 Å². The summed E-state index contributed by atoms with van der Waals surface area (Å²) in [6.45, 7) is 6.56. The third kappa shape index (κ3) is 3.96. The standard InChI is InChI=1S/C15H21FN2OS/c1-11(10-20-14-5-3-13(16)4-6-14)15(19)18-8-7-17-9-12(18)2/h3-6,11-12,17H,7-10H2,1-2H3. The van der Waals surface area contributed by atoms with Crippen molar-refractivity contribution in [3.05, 3.63) is 30.1 Å². The average molecular weight is 296 g/mol. The molecule has 1 fully saturated rings. The summed E-state index contributed by atoms with van der Waals surface area (Å²) in [5.74, 6) is 0.688. The van der Waals surface area contributed by atoms with Gasteiger partial charge >= 0.3 is 0 Å². The van der Waals surface area contributed by atoms with Gasteiger partial charge in [-0.25, -0.2) is 4.39 Å². The SMILES string of the molecule is CC(CSc1ccc(F)cc1)C(=O)N1CCNCC1C. The maximum absolute atomic E-state index is 12.8. The van der Waals surface area contributed by atoms with Crippen molar-refractivity contribution in [3.8, 4) is 0 Å². The lowest BCUT2D eigenvalue weighted by Gasteiger charge is -2.35. The molecule has 1 amide bonds. The molecule has 2 unspecified atom stereocenters. The van der Waals surface area contributed by atoms with Gasteiger partial charge in [0, 0.05) is 42.2 Å². The maximum Gasteiger partial charge on any atom is 0.226 e.